The molecule has 4 nitrogen and oxygen atoms in total. The molecule has 0 saturated carbocycles. The number of thiocarbonyl (C=S) groups is 1. The van der Waals surface area contributed by atoms with Gasteiger partial charge in [0.15, 0.2) is 5.11 Å². The number of rotatable bonds is 5. The first-order valence-electron chi connectivity index (χ1n) is 10.9. The van der Waals surface area contributed by atoms with Crippen LogP contribution in [0.1, 0.15) is 48.9 Å². The Labute approximate surface area is 193 Å². The number of nitrogens with one attached hydrogen (secondary N) is 1. The molecule has 5 heteroatoms. The van der Waals surface area contributed by atoms with Gasteiger partial charge in [-0.05, 0) is 60.1 Å². The Hall–Kier alpha value is -3.44. The van der Waals surface area contributed by atoms with E-state index in [4.69, 9.17) is 16.6 Å². The molecule has 0 amide bonds. The third-order valence-electron chi connectivity index (χ3n) is 5.91. The molecule has 0 aliphatic carbocycles. The molecule has 2 atom stereocenters. The lowest BCUT2D eigenvalue weighted by Crippen LogP contribution is -2.29. The number of pyridine rings is 1. The topological polar surface area (TPSA) is 41.3 Å². The van der Waals surface area contributed by atoms with Crippen LogP contribution in [-0.4, -0.2) is 10.1 Å². The number of furan rings is 1. The van der Waals surface area contributed by atoms with Gasteiger partial charge in [0.25, 0.3) is 0 Å². The van der Waals surface area contributed by atoms with Crippen LogP contribution >= 0.6 is 12.2 Å². The van der Waals surface area contributed by atoms with Crippen LogP contribution in [0.5, 0.6) is 0 Å². The van der Waals surface area contributed by atoms with Crippen molar-refractivity contribution in [3.63, 3.8) is 0 Å². The number of benzene rings is 2. The third-order valence-corrected chi connectivity index (χ3v) is 6.23. The molecule has 1 fully saturated rings. The quantitative estimate of drug-likeness (QED) is 0.353. The van der Waals surface area contributed by atoms with Crippen molar-refractivity contribution in [2.24, 2.45) is 0 Å². The van der Waals surface area contributed by atoms with Crippen LogP contribution in [-0.2, 0) is 0 Å². The van der Waals surface area contributed by atoms with Crippen LogP contribution in [0.25, 0.3) is 11.3 Å². The van der Waals surface area contributed by atoms with E-state index < -0.39 is 0 Å². The monoisotopic (exact) mass is 439 g/mol. The summed E-state index contributed by atoms with van der Waals surface area (Å²) >= 11 is 5.81. The molecule has 0 unspecified atom stereocenters. The van der Waals surface area contributed by atoms with Gasteiger partial charge in [-0.15, -0.1) is 0 Å². The molecule has 5 rings (SSSR count). The fraction of sp³-hybridized carbons (Fsp3) is 0.185. The van der Waals surface area contributed by atoms with Gasteiger partial charge >= 0.3 is 0 Å². The minimum Gasteiger partial charge on any atom is -0.459 e. The first-order chi connectivity index (χ1) is 15.6. The normalized spacial score (nSPS) is 18.2. The summed E-state index contributed by atoms with van der Waals surface area (Å²) in [5.74, 6) is 2.16. The molecule has 1 aliphatic heterocycles. The standard InChI is InChI=1S/C27H25N3OS/c1-18(2)19-11-13-21(14-12-19)30-26(25(29-27(30)32)22-10-6-7-17-28-22)24-16-15-23(31-24)20-8-4-3-5-9-20/h3-18,25-26H,1-2H3,(H,29,32)/t25-,26+/m1/s1. The minimum absolute atomic E-state index is 0.122. The van der Waals surface area contributed by atoms with E-state index in [1.54, 1.807) is 0 Å². The number of anilines is 1. The van der Waals surface area contributed by atoms with E-state index >= 15 is 0 Å². The van der Waals surface area contributed by atoms with E-state index in [9.17, 15) is 0 Å². The van der Waals surface area contributed by atoms with Crippen molar-refractivity contribution < 1.29 is 4.42 Å². The Morgan fingerprint density at radius 3 is 2.34 bits per heavy atom. The van der Waals surface area contributed by atoms with Gasteiger partial charge < -0.3 is 14.6 Å². The fourth-order valence-corrected chi connectivity index (χ4v) is 4.56. The molecule has 2 aromatic heterocycles. The Morgan fingerprint density at radius 2 is 1.66 bits per heavy atom. The average Bonchev–Trinajstić information content (AvgIpc) is 3.45. The second kappa shape index (κ2) is 8.60. The zero-order valence-electron chi connectivity index (χ0n) is 18.1. The summed E-state index contributed by atoms with van der Waals surface area (Å²) in [6.07, 6.45) is 1.81. The van der Waals surface area contributed by atoms with Crippen LogP contribution in [0.4, 0.5) is 5.69 Å². The molecule has 0 spiro atoms. The van der Waals surface area contributed by atoms with Gasteiger partial charge in [0.05, 0.1) is 11.7 Å². The molecule has 160 valence electrons. The molecule has 1 aliphatic rings. The number of aromatic nitrogens is 1. The lowest BCUT2D eigenvalue weighted by atomic mass is 10.0. The van der Waals surface area contributed by atoms with Gasteiger partial charge in [-0.2, -0.15) is 0 Å². The highest BCUT2D eigenvalue weighted by Crippen LogP contribution is 2.43. The molecular weight excluding hydrogens is 414 g/mol. The highest BCUT2D eigenvalue weighted by atomic mass is 32.1. The van der Waals surface area contributed by atoms with Gasteiger partial charge in [-0.25, -0.2) is 0 Å². The van der Waals surface area contributed by atoms with Crippen LogP contribution in [0.3, 0.4) is 0 Å². The van der Waals surface area contributed by atoms with Gasteiger partial charge in [0, 0.05) is 17.4 Å². The van der Waals surface area contributed by atoms with E-state index in [1.165, 1.54) is 5.56 Å². The molecule has 0 radical (unpaired) electrons. The van der Waals surface area contributed by atoms with E-state index in [1.807, 2.05) is 54.7 Å². The maximum atomic E-state index is 6.40. The number of hydrogen-bond donors (Lipinski definition) is 1. The molecule has 1 saturated heterocycles. The maximum absolute atomic E-state index is 6.40. The van der Waals surface area contributed by atoms with Crippen LogP contribution in [0.2, 0.25) is 0 Å². The molecule has 4 aromatic rings. The minimum atomic E-state index is -0.153. The summed E-state index contributed by atoms with van der Waals surface area (Å²) < 4.78 is 6.40. The Balaban J connectivity index is 1.58. The zero-order chi connectivity index (χ0) is 22.1. The summed E-state index contributed by atoms with van der Waals surface area (Å²) in [5, 5.41) is 4.16. The Kier molecular flexibility index (Phi) is 5.50. The van der Waals surface area contributed by atoms with E-state index in [2.05, 4.69) is 65.4 Å². The zero-order valence-corrected chi connectivity index (χ0v) is 18.9. The van der Waals surface area contributed by atoms with Crippen molar-refractivity contribution in [2.45, 2.75) is 31.8 Å². The summed E-state index contributed by atoms with van der Waals surface area (Å²) in [7, 11) is 0. The average molecular weight is 440 g/mol. The smallest absolute Gasteiger partial charge is 0.174 e. The highest BCUT2D eigenvalue weighted by Gasteiger charge is 2.42. The largest absolute Gasteiger partial charge is 0.459 e. The number of nitrogens with zero attached hydrogens (tertiary/aromatic N) is 2. The summed E-state index contributed by atoms with van der Waals surface area (Å²) in [5.41, 5.74) is 4.32. The van der Waals surface area contributed by atoms with Crippen molar-refractivity contribution in [3.05, 3.63) is 108 Å². The molecule has 1 N–H and O–H groups in total. The van der Waals surface area contributed by atoms with Crippen molar-refractivity contribution in [1.82, 2.24) is 10.3 Å². The fourth-order valence-electron chi connectivity index (χ4n) is 4.21. The van der Waals surface area contributed by atoms with E-state index in [0.717, 1.165) is 28.5 Å². The van der Waals surface area contributed by atoms with Crippen LogP contribution in [0.15, 0.2) is 95.5 Å². The lowest BCUT2D eigenvalue weighted by molar-refractivity contribution is 0.439. The van der Waals surface area contributed by atoms with Crippen molar-refractivity contribution in [1.29, 1.82) is 0 Å². The van der Waals surface area contributed by atoms with Crippen LogP contribution in [0, 0.1) is 0 Å². The van der Waals surface area contributed by atoms with E-state index in [-0.39, 0.29) is 12.1 Å². The predicted octanol–water partition coefficient (Wildman–Crippen LogP) is 6.64. The third kappa shape index (κ3) is 3.80. The first-order valence-corrected chi connectivity index (χ1v) is 11.3. The molecule has 0 bridgehead atoms. The van der Waals surface area contributed by atoms with E-state index in [0.29, 0.717) is 11.0 Å². The highest BCUT2D eigenvalue weighted by molar-refractivity contribution is 7.80. The molecular formula is C27H25N3OS. The maximum Gasteiger partial charge on any atom is 0.174 e. The van der Waals surface area contributed by atoms with Crippen molar-refractivity contribution >= 4 is 23.0 Å². The second-order valence-electron chi connectivity index (χ2n) is 8.31. The van der Waals surface area contributed by atoms with Crippen LogP contribution < -0.4 is 10.2 Å². The lowest BCUT2D eigenvalue weighted by Gasteiger charge is -2.26. The molecule has 3 heterocycles. The predicted molar refractivity (Wildman–Crippen MR) is 133 cm³/mol. The second-order valence-corrected chi connectivity index (χ2v) is 8.70. The summed E-state index contributed by atoms with van der Waals surface area (Å²) in [4.78, 5) is 6.76. The van der Waals surface area contributed by atoms with Crippen molar-refractivity contribution in [2.75, 3.05) is 4.90 Å². The molecule has 32 heavy (non-hydrogen) atoms. The van der Waals surface area contributed by atoms with Gasteiger partial charge in [0.2, 0.25) is 0 Å². The van der Waals surface area contributed by atoms with Crippen molar-refractivity contribution in [3.8, 4) is 11.3 Å². The Bertz CT molecular complexity index is 1200. The van der Waals surface area contributed by atoms with Gasteiger partial charge in [-0.3, -0.25) is 4.98 Å². The van der Waals surface area contributed by atoms with Gasteiger partial charge in [0.1, 0.15) is 17.6 Å². The summed E-state index contributed by atoms with van der Waals surface area (Å²) in [6.45, 7) is 4.40. The Morgan fingerprint density at radius 1 is 0.906 bits per heavy atom. The first kappa shape index (κ1) is 20.5. The van der Waals surface area contributed by atoms with Gasteiger partial charge in [-0.1, -0.05) is 62.4 Å². The SMILES string of the molecule is CC(C)c1ccc(N2C(=S)N[C@H](c3ccccn3)[C@@H]2c2ccc(-c3ccccc3)o2)cc1. The summed E-state index contributed by atoms with van der Waals surface area (Å²) in [6, 6.07) is 28.5. The molecule has 2 aromatic carbocycles. The number of hydrogen-bond acceptors (Lipinski definition) is 3.